The molecule has 0 fully saturated rings. The monoisotopic (exact) mass is 349 g/mol. The zero-order valence-electron chi connectivity index (χ0n) is 11.1. The van der Waals surface area contributed by atoms with Crippen molar-refractivity contribution in [1.29, 1.82) is 0 Å². The highest BCUT2D eigenvalue weighted by atomic mass is 79.9. The van der Waals surface area contributed by atoms with Gasteiger partial charge in [0.1, 0.15) is 5.82 Å². The second kappa shape index (κ2) is 5.58. The molecule has 0 aliphatic carbocycles. The van der Waals surface area contributed by atoms with Crippen LogP contribution in [0.5, 0.6) is 0 Å². The van der Waals surface area contributed by atoms with Crippen LogP contribution in [0.15, 0.2) is 40.9 Å². The van der Waals surface area contributed by atoms with Crippen molar-refractivity contribution in [2.45, 2.75) is 19.6 Å². The van der Waals surface area contributed by atoms with Crippen LogP contribution in [0.2, 0.25) is 0 Å². The number of aromatic carboxylic acids is 1. The number of carboxylic acid groups (broad SMARTS) is 1. The lowest BCUT2D eigenvalue weighted by Crippen LogP contribution is -2.15. The van der Waals surface area contributed by atoms with Crippen LogP contribution < -0.4 is 0 Å². The summed E-state index contributed by atoms with van der Waals surface area (Å²) in [6.45, 7) is 2.07. The van der Waals surface area contributed by atoms with Crippen molar-refractivity contribution >= 4 is 21.9 Å². The van der Waals surface area contributed by atoms with E-state index in [0.717, 1.165) is 27.7 Å². The Morgan fingerprint density at radius 2 is 1.95 bits per heavy atom. The molecule has 21 heavy (non-hydrogen) atoms. The van der Waals surface area contributed by atoms with E-state index in [2.05, 4.69) is 20.8 Å². The van der Waals surface area contributed by atoms with Gasteiger partial charge in [-0.2, -0.15) is 0 Å². The van der Waals surface area contributed by atoms with E-state index < -0.39 is 5.97 Å². The number of hydrogen-bond acceptors (Lipinski definition) is 2. The average Bonchev–Trinajstić information content (AvgIpc) is 2.78. The Morgan fingerprint density at radius 3 is 2.67 bits per heavy atom. The number of benzene rings is 2. The minimum Gasteiger partial charge on any atom is -0.478 e. The zero-order chi connectivity index (χ0) is 15.0. The van der Waals surface area contributed by atoms with E-state index in [0.29, 0.717) is 18.7 Å². The van der Waals surface area contributed by atoms with Crippen LogP contribution >= 0.6 is 15.9 Å². The lowest BCUT2D eigenvalue weighted by Gasteiger charge is -2.15. The molecule has 0 amide bonds. The third-order valence-electron chi connectivity index (χ3n) is 3.57. The van der Waals surface area contributed by atoms with Gasteiger partial charge in [0.05, 0.1) is 5.56 Å². The van der Waals surface area contributed by atoms with Gasteiger partial charge in [-0.05, 0) is 47.0 Å². The molecule has 108 valence electrons. The summed E-state index contributed by atoms with van der Waals surface area (Å²) in [4.78, 5) is 13.2. The highest BCUT2D eigenvalue weighted by molar-refractivity contribution is 9.10. The molecule has 0 spiro atoms. The Labute approximate surface area is 130 Å². The molecule has 3 rings (SSSR count). The van der Waals surface area contributed by atoms with Gasteiger partial charge in [0.15, 0.2) is 0 Å². The van der Waals surface area contributed by atoms with Crippen molar-refractivity contribution in [2.24, 2.45) is 0 Å². The van der Waals surface area contributed by atoms with Crippen molar-refractivity contribution in [2.75, 3.05) is 0 Å². The van der Waals surface area contributed by atoms with Crippen LogP contribution in [0.1, 0.15) is 27.0 Å². The van der Waals surface area contributed by atoms with E-state index in [-0.39, 0.29) is 5.82 Å². The van der Waals surface area contributed by atoms with Gasteiger partial charge in [0.2, 0.25) is 0 Å². The number of rotatable bonds is 3. The standard InChI is InChI=1S/C16H13BrFNO2/c17-14-3-10(4-15(18)6-14)7-19-8-12-2-1-11(16(20)21)5-13(12)9-19/h1-6H,7-9H2,(H,20,21). The van der Waals surface area contributed by atoms with Crippen molar-refractivity contribution in [3.8, 4) is 0 Å². The molecule has 1 N–H and O–H groups in total. The van der Waals surface area contributed by atoms with Gasteiger partial charge in [-0.1, -0.05) is 22.0 Å². The number of fused-ring (bicyclic) bond motifs is 1. The Kier molecular flexibility index (Phi) is 3.78. The van der Waals surface area contributed by atoms with Gasteiger partial charge < -0.3 is 5.11 Å². The number of halogens is 2. The molecule has 1 aliphatic rings. The molecule has 0 saturated carbocycles. The molecule has 0 aromatic heterocycles. The maximum Gasteiger partial charge on any atom is 0.335 e. The number of nitrogens with zero attached hydrogens (tertiary/aromatic N) is 1. The second-order valence-electron chi connectivity index (χ2n) is 5.21. The minimum atomic E-state index is -0.912. The fourth-order valence-electron chi connectivity index (χ4n) is 2.67. The summed E-state index contributed by atoms with van der Waals surface area (Å²) in [5.41, 5.74) is 3.37. The van der Waals surface area contributed by atoms with E-state index >= 15 is 0 Å². The first-order valence-electron chi connectivity index (χ1n) is 6.54. The van der Waals surface area contributed by atoms with Gasteiger partial charge in [0, 0.05) is 24.1 Å². The van der Waals surface area contributed by atoms with Gasteiger partial charge in [-0.25, -0.2) is 9.18 Å². The van der Waals surface area contributed by atoms with Crippen LogP contribution in [0.4, 0.5) is 4.39 Å². The summed E-state index contributed by atoms with van der Waals surface area (Å²) in [5.74, 6) is -1.17. The van der Waals surface area contributed by atoms with Crippen LogP contribution in [-0.4, -0.2) is 16.0 Å². The third-order valence-corrected chi connectivity index (χ3v) is 4.03. The average molecular weight is 350 g/mol. The first-order valence-corrected chi connectivity index (χ1v) is 7.33. The van der Waals surface area contributed by atoms with Crippen molar-refractivity contribution in [3.05, 3.63) is 68.9 Å². The van der Waals surface area contributed by atoms with Gasteiger partial charge in [-0.3, -0.25) is 4.90 Å². The summed E-state index contributed by atoms with van der Waals surface area (Å²) < 4.78 is 14.1. The first-order chi connectivity index (χ1) is 10.0. The van der Waals surface area contributed by atoms with E-state index in [1.165, 1.54) is 12.1 Å². The summed E-state index contributed by atoms with van der Waals surface area (Å²) in [7, 11) is 0. The van der Waals surface area contributed by atoms with Gasteiger partial charge in [-0.15, -0.1) is 0 Å². The maximum atomic E-state index is 13.4. The third kappa shape index (κ3) is 3.14. The van der Waals surface area contributed by atoms with E-state index in [9.17, 15) is 9.18 Å². The lowest BCUT2D eigenvalue weighted by molar-refractivity contribution is 0.0696. The Hall–Kier alpha value is -1.72. The fraction of sp³-hybridized carbons (Fsp3) is 0.188. The first kappa shape index (κ1) is 14.2. The fourth-order valence-corrected chi connectivity index (χ4v) is 3.18. The number of hydrogen-bond donors (Lipinski definition) is 1. The Morgan fingerprint density at radius 1 is 1.19 bits per heavy atom. The maximum absolute atomic E-state index is 13.4. The van der Waals surface area contributed by atoms with Gasteiger partial charge >= 0.3 is 5.97 Å². The molecular weight excluding hydrogens is 337 g/mol. The molecule has 2 aromatic rings. The normalized spacial score (nSPS) is 14.2. The van der Waals surface area contributed by atoms with Crippen LogP contribution in [0.3, 0.4) is 0 Å². The highest BCUT2D eigenvalue weighted by Crippen LogP contribution is 2.26. The van der Waals surface area contributed by atoms with E-state index in [1.807, 2.05) is 12.1 Å². The summed E-state index contributed by atoms with van der Waals surface area (Å²) >= 11 is 3.29. The van der Waals surface area contributed by atoms with Crippen molar-refractivity contribution in [3.63, 3.8) is 0 Å². The molecule has 0 radical (unpaired) electrons. The second-order valence-corrected chi connectivity index (χ2v) is 6.13. The lowest BCUT2D eigenvalue weighted by atomic mass is 10.1. The van der Waals surface area contributed by atoms with Crippen molar-refractivity contribution in [1.82, 2.24) is 4.90 Å². The molecule has 0 atom stereocenters. The topological polar surface area (TPSA) is 40.5 Å². The van der Waals surface area contributed by atoms with Crippen LogP contribution in [0.25, 0.3) is 0 Å². The number of carbonyl (C=O) groups is 1. The minimum absolute atomic E-state index is 0.260. The van der Waals surface area contributed by atoms with Crippen molar-refractivity contribution < 1.29 is 14.3 Å². The smallest absolute Gasteiger partial charge is 0.335 e. The molecule has 0 bridgehead atoms. The summed E-state index contributed by atoms with van der Waals surface area (Å²) in [6.07, 6.45) is 0. The molecule has 0 unspecified atom stereocenters. The zero-order valence-corrected chi connectivity index (χ0v) is 12.7. The van der Waals surface area contributed by atoms with Gasteiger partial charge in [0.25, 0.3) is 0 Å². The largest absolute Gasteiger partial charge is 0.478 e. The molecule has 2 aromatic carbocycles. The predicted octanol–water partition coefficient (Wildman–Crippen LogP) is 3.80. The van der Waals surface area contributed by atoms with Crippen LogP contribution in [0, 0.1) is 5.82 Å². The number of carboxylic acids is 1. The molecule has 0 saturated heterocycles. The quantitative estimate of drug-likeness (QED) is 0.915. The SMILES string of the molecule is O=C(O)c1ccc2c(c1)CN(Cc1cc(F)cc(Br)c1)C2. The van der Waals surface area contributed by atoms with E-state index in [1.54, 1.807) is 12.1 Å². The molecule has 5 heteroatoms. The summed E-state index contributed by atoms with van der Waals surface area (Å²) in [5, 5.41) is 9.02. The predicted molar refractivity (Wildman–Crippen MR) is 80.5 cm³/mol. The Balaban J connectivity index is 1.77. The van der Waals surface area contributed by atoms with Crippen LogP contribution in [-0.2, 0) is 19.6 Å². The highest BCUT2D eigenvalue weighted by Gasteiger charge is 2.20. The molecule has 1 aliphatic heterocycles. The molecule has 3 nitrogen and oxygen atoms in total. The van der Waals surface area contributed by atoms with E-state index in [4.69, 9.17) is 5.11 Å². The Bertz CT molecular complexity index is 697. The molecular formula is C16H13BrFNO2. The summed E-state index contributed by atoms with van der Waals surface area (Å²) in [6, 6.07) is 10.1. The molecule has 1 heterocycles.